The molecule has 7 heteroatoms. The number of aromatic nitrogens is 1. The first kappa shape index (κ1) is 20.5. The van der Waals surface area contributed by atoms with Gasteiger partial charge in [0.2, 0.25) is 0 Å². The highest BCUT2D eigenvalue weighted by Gasteiger charge is 2.28. The molecule has 1 unspecified atom stereocenters. The van der Waals surface area contributed by atoms with E-state index in [1.807, 2.05) is 12.3 Å². The Morgan fingerprint density at radius 2 is 2.21 bits per heavy atom. The maximum atomic E-state index is 12.9. The van der Waals surface area contributed by atoms with Crippen LogP contribution < -0.4 is 5.32 Å². The number of methoxy groups -OCH3 is 1. The number of amides is 1. The molecule has 1 amide bonds. The highest BCUT2D eigenvalue weighted by molar-refractivity contribution is 7.21. The third-order valence-corrected chi connectivity index (χ3v) is 7.57. The Morgan fingerprint density at radius 3 is 3.00 bits per heavy atom. The molecule has 1 aliphatic rings. The van der Waals surface area contributed by atoms with Gasteiger partial charge in [0, 0.05) is 42.0 Å². The molecule has 154 valence electrons. The van der Waals surface area contributed by atoms with E-state index in [0.717, 1.165) is 29.4 Å². The van der Waals surface area contributed by atoms with E-state index in [1.165, 1.54) is 33.4 Å². The van der Waals surface area contributed by atoms with Gasteiger partial charge < -0.3 is 10.1 Å². The average molecular weight is 430 g/mol. The van der Waals surface area contributed by atoms with Crippen LogP contribution >= 0.6 is 22.7 Å². The maximum Gasteiger partial charge on any atom is 0.261 e. The summed E-state index contributed by atoms with van der Waals surface area (Å²) in [6.45, 7) is 5.17. The van der Waals surface area contributed by atoms with Crippen LogP contribution in [0.5, 0.6) is 0 Å². The standard InChI is InChI=1S/C22H27N3O2S2/c1-15-24-13-17(28-15)14-25-10-5-6-16(25)12-19-18-7-3-4-8-20(18)29-21(19)22(26)23-9-11-27-2/h3-4,7-8,13,16H,5-6,9-12,14H2,1-2H3,(H,23,26). The van der Waals surface area contributed by atoms with Crippen LogP contribution in [0.1, 0.15) is 38.0 Å². The van der Waals surface area contributed by atoms with Crippen LogP contribution in [0.25, 0.3) is 10.1 Å². The molecule has 1 aromatic carbocycles. The Balaban J connectivity index is 1.57. The van der Waals surface area contributed by atoms with Crippen molar-refractivity contribution in [3.63, 3.8) is 0 Å². The number of aryl methyl sites for hydroxylation is 1. The number of rotatable bonds is 8. The van der Waals surface area contributed by atoms with E-state index in [1.54, 1.807) is 29.8 Å². The van der Waals surface area contributed by atoms with Crippen molar-refractivity contribution in [2.75, 3.05) is 26.8 Å². The van der Waals surface area contributed by atoms with Crippen molar-refractivity contribution in [3.05, 3.63) is 50.8 Å². The van der Waals surface area contributed by atoms with Gasteiger partial charge in [-0.2, -0.15) is 0 Å². The molecule has 1 saturated heterocycles. The van der Waals surface area contributed by atoms with E-state index in [9.17, 15) is 4.79 Å². The zero-order chi connectivity index (χ0) is 20.2. The predicted molar refractivity (Wildman–Crippen MR) is 120 cm³/mol. The Kier molecular flexibility index (Phi) is 6.60. The lowest BCUT2D eigenvalue weighted by Gasteiger charge is -2.24. The summed E-state index contributed by atoms with van der Waals surface area (Å²) in [5, 5.41) is 5.34. The molecule has 1 aliphatic heterocycles. The van der Waals surface area contributed by atoms with Gasteiger partial charge in [0.25, 0.3) is 5.91 Å². The number of carbonyl (C=O) groups is 1. The molecular formula is C22H27N3O2S2. The number of hydrogen-bond acceptors (Lipinski definition) is 6. The molecule has 0 bridgehead atoms. The molecule has 0 aliphatic carbocycles. The fourth-order valence-electron chi connectivity index (χ4n) is 4.08. The lowest BCUT2D eigenvalue weighted by Crippen LogP contribution is -2.31. The van der Waals surface area contributed by atoms with Gasteiger partial charge in [-0.3, -0.25) is 9.69 Å². The van der Waals surface area contributed by atoms with Gasteiger partial charge >= 0.3 is 0 Å². The van der Waals surface area contributed by atoms with Crippen LogP contribution in [0.4, 0.5) is 0 Å². The smallest absolute Gasteiger partial charge is 0.261 e. The van der Waals surface area contributed by atoms with E-state index in [4.69, 9.17) is 4.74 Å². The first-order chi connectivity index (χ1) is 14.2. The van der Waals surface area contributed by atoms with Crippen LogP contribution in [0.15, 0.2) is 30.5 Å². The van der Waals surface area contributed by atoms with Crippen molar-refractivity contribution in [2.24, 2.45) is 0 Å². The monoisotopic (exact) mass is 429 g/mol. The summed E-state index contributed by atoms with van der Waals surface area (Å²) < 4.78 is 6.26. The van der Waals surface area contributed by atoms with Crippen molar-refractivity contribution in [1.29, 1.82) is 0 Å². The molecule has 2 aromatic heterocycles. The van der Waals surface area contributed by atoms with Crippen LogP contribution in [0, 0.1) is 6.92 Å². The zero-order valence-electron chi connectivity index (χ0n) is 16.9. The summed E-state index contributed by atoms with van der Waals surface area (Å²) in [6.07, 6.45) is 5.30. The lowest BCUT2D eigenvalue weighted by atomic mass is 10.0. The Hall–Kier alpha value is -1.80. The third-order valence-electron chi connectivity index (χ3n) is 5.46. The second kappa shape index (κ2) is 9.34. The van der Waals surface area contributed by atoms with E-state index >= 15 is 0 Å². The quantitative estimate of drug-likeness (QED) is 0.544. The molecular weight excluding hydrogens is 402 g/mol. The second-order valence-electron chi connectivity index (χ2n) is 7.47. The SMILES string of the molecule is COCCNC(=O)c1sc2ccccc2c1CC1CCCN1Cc1cnc(C)s1. The number of thiazole rings is 1. The Morgan fingerprint density at radius 1 is 1.34 bits per heavy atom. The molecule has 1 fully saturated rings. The molecule has 3 heterocycles. The lowest BCUT2D eigenvalue weighted by molar-refractivity contribution is 0.0940. The molecule has 1 N–H and O–H groups in total. The van der Waals surface area contributed by atoms with Gasteiger partial charge in [0.1, 0.15) is 0 Å². The Bertz CT molecular complexity index is 982. The van der Waals surface area contributed by atoms with Crippen molar-refractivity contribution in [2.45, 2.75) is 38.8 Å². The number of thiophene rings is 1. The van der Waals surface area contributed by atoms with Gasteiger partial charge in [0.05, 0.1) is 16.5 Å². The summed E-state index contributed by atoms with van der Waals surface area (Å²) in [7, 11) is 1.65. The summed E-state index contributed by atoms with van der Waals surface area (Å²) in [5.41, 5.74) is 1.19. The van der Waals surface area contributed by atoms with Crippen molar-refractivity contribution >= 4 is 38.7 Å². The molecule has 0 radical (unpaired) electrons. The normalized spacial score (nSPS) is 17.2. The number of hydrogen-bond donors (Lipinski definition) is 1. The minimum atomic E-state index is 0.0147. The highest BCUT2D eigenvalue weighted by Crippen LogP contribution is 2.35. The van der Waals surface area contributed by atoms with E-state index in [-0.39, 0.29) is 5.91 Å². The molecule has 29 heavy (non-hydrogen) atoms. The molecule has 0 saturated carbocycles. The average Bonchev–Trinajstić information content (AvgIpc) is 3.43. The van der Waals surface area contributed by atoms with E-state index < -0.39 is 0 Å². The van der Waals surface area contributed by atoms with Crippen LogP contribution in [0.3, 0.4) is 0 Å². The zero-order valence-corrected chi connectivity index (χ0v) is 18.6. The van der Waals surface area contributed by atoms with Gasteiger partial charge in [-0.05, 0) is 49.7 Å². The van der Waals surface area contributed by atoms with Crippen LogP contribution in [0.2, 0.25) is 0 Å². The fraction of sp³-hybridized carbons (Fsp3) is 0.455. The van der Waals surface area contributed by atoms with Gasteiger partial charge in [-0.25, -0.2) is 4.98 Å². The number of nitrogens with one attached hydrogen (secondary N) is 1. The number of ether oxygens (including phenoxy) is 1. The molecule has 3 aromatic rings. The minimum Gasteiger partial charge on any atom is -0.383 e. The molecule has 1 atom stereocenters. The Labute approximate surface area is 179 Å². The van der Waals surface area contributed by atoms with Crippen molar-refractivity contribution < 1.29 is 9.53 Å². The van der Waals surface area contributed by atoms with Crippen molar-refractivity contribution in [3.8, 4) is 0 Å². The summed E-state index contributed by atoms with van der Waals surface area (Å²) in [5.74, 6) is 0.0147. The summed E-state index contributed by atoms with van der Waals surface area (Å²) in [6, 6.07) is 8.84. The first-order valence-corrected chi connectivity index (χ1v) is 11.7. The first-order valence-electron chi connectivity index (χ1n) is 10.1. The maximum absolute atomic E-state index is 12.9. The molecule has 5 nitrogen and oxygen atoms in total. The van der Waals surface area contributed by atoms with Gasteiger partial charge in [-0.1, -0.05) is 18.2 Å². The third kappa shape index (κ3) is 4.69. The van der Waals surface area contributed by atoms with E-state index in [0.29, 0.717) is 19.2 Å². The predicted octanol–water partition coefficient (Wildman–Crippen LogP) is 4.25. The number of nitrogens with zero attached hydrogens (tertiary/aromatic N) is 2. The van der Waals surface area contributed by atoms with Gasteiger partial charge in [-0.15, -0.1) is 22.7 Å². The number of fused-ring (bicyclic) bond motifs is 1. The number of benzene rings is 1. The van der Waals surface area contributed by atoms with Crippen molar-refractivity contribution in [1.82, 2.24) is 15.2 Å². The van der Waals surface area contributed by atoms with Crippen LogP contribution in [-0.4, -0.2) is 48.6 Å². The summed E-state index contributed by atoms with van der Waals surface area (Å²) >= 11 is 3.38. The summed E-state index contributed by atoms with van der Waals surface area (Å²) in [4.78, 5) is 22.0. The van der Waals surface area contributed by atoms with Crippen LogP contribution in [-0.2, 0) is 17.7 Å². The second-order valence-corrected chi connectivity index (χ2v) is 9.84. The minimum absolute atomic E-state index is 0.0147. The van der Waals surface area contributed by atoms with Gasteiger partial charge in [0.15, 0.2) is 0 Å². The molecule has 0 spiro atoms. The highest BCUT2D eigenvalue weighted by atomic mass is 32.1. The fourth-order valence-corrected chi connectivity index (χ4v) is 6.05. The topological polar surface area (TPSA) is 54.5 Å². The largest absolute Gasteiger partial charge is 0.383 e. The number of carbonyl (C=O) groups excluding carboxylic acids is 1. The number of likely N-dealkylation sites (tertiary alicyclic amines) is 1. The molecule has 4 rings (SSSR count). The van der Waals surface area contributed by atoms with E-state index in [2.05, 4.69) is 40.3 Å².